The molecule has 2 heterocycles. The Morgan fingerprint density at radius 2 is 2.57 bits per heavy atom. The Labute approximate surface area is 86.9 Å². The molecule has 0 saturated carbocycles. The lowest BCUT2D eigenvalue weighted by atomic mass is 9.98. The lowest BCUT2D eigenvalue weighted by Gasteiger charge is -2.26. The molecule has 2 atom stereocenters. The number of halogens is 1. The smallest absolute Gasteiger partial charge is 0.121 e. The Balaban J connectivity index is 1.85. The number of hydrogen-bond acceptors (Lipinski definition) is 4. The molecular formula is C9H14FN3S. The third-order valence-corrected chi connectivity index (χ3v) is 3.15. The molecule has 1 saturated heterocycles. The van der Waals surface area contributed by atoms with Crippen LogP contribution in [0, 0.1) is 0 Å². The number of aromatic nitrogens is 2. The Kier molecular flexibility index (Phi) is 3.42. The summed E-state index contributed by atoms with van der Waals surface area (Å²) >= 11 is 1.28. The summed E-state index contributed by atoms with van der Waals surface area (Å²) in [5, 5.41) is 8.88. The third kappa shape index (κ3) is 2.48. The highest BCUT2D eigenvalue weighted by Crippen LogP contribution is 2.16. The summed E-state index contributed by atoms with van der Waals surface area (Å²) in [5.74, 6) is 0. The standard InChI is InChI=1S/C9H14FN3S/c10-8(5-7-6-14-13-12-7)9-3-1-2-4-11-9/h6,8-9,11H,1-5H2. The van der Waals surface area contributed by atoms with Gasteiger partial charge in [-0.1, -0.05) is 10.9 Å². The summed E-state index contributed by atoms with van der Waals surface area (Å²) < 4.78 is 17.5. The van der Waals surface area contributed by atoms with E-state index in [0.29, 0.717) is 6.42 Å². The summed E-state index contributed by atoms with van der Waals surface area (Å²) in [6.45, 7) is 0.945. The number of piperidine rings is 1. The van der Waals surface area contributed by atoms with Crippen LogP contribution in [0.2, 0.25) is 0 Å². The van der Waals surface area contributed by atoms with Crippen molar-refractivity contribution in [3.8, 4) is 0 Å². The molecule has 1 aromatic rings. The number of hydrogen-bond donors (Lipinski definition) is 1. The average Bonchev–Trinajstić information content (AvgIpc) is 2.72. The van der Waals surface area contributed by atoms with Crippen LogP contribution in [0.3, 0.4) is 0 Å². The van der Waals surface area contributed by atoms with Crippen molar-refractivity contribution in [3.63, 3.8) is 0 Å². The maximum absolute atomic E-state index is 13.7. The Bertz CT molecular complexity index is 259. The molecule has 5 heteroatoms. The van der Waals surface area contributed by atoms with E-state index >= 15 is 0 Å². The third-order valence-electron chi connectivity index (χ3n) is 2.59. The van der Waals surface area contributed by atoms with Crippen LogP contribution in [0.4, 0.5) is 4.39 Å². The monoisotopic (exact) mass is 215 g/mol. The molecule has 1 aromatic heterocycles. The largest absolute Gasteiger partial charge is 0.311 e. The van der Waals surface area contributed by atoms with Crippen molar-refractivity contribution in [1.29, 1.82) is 0 Å². The molecule has 0 amide bonds. The van der Waals surface area contributed by atoms with E-state index in [2.05, 4.69) is 14.9 Å². The van der Waals surface area contributed by atoms with Gasteiger partial charge in [-0.05, 0) is 30.9 Å². The van der Waals surface area contributed by atoms with E-state index in [0.717, 1.165) is 25.1 Å². The SMILES string of the molecule is FC(Cc1csnn1)C1CCCCN1. The lowest BCUT2D eigenvalue weighted by molar-refractivity contribution is 0.216. The van der Waals surface area contributed by atoms with Crippen molar-refractivity contribution in [2.75, 3.05) is 6.54 Å². The highest BCUT2D eigenvalue weighted by Gasteiger charge is 2.23. The molecule has 0 aliphatic carbocycles. The van der Waals surface area contributed by atoms with Gasteiger partial charge in [0.05, 0.1) is 5.69 Å². The molecule has 2 rings (SSSR count). The van der Waals surface area contributed by atoms with Crippen LogP contribution < -0.4 is 5.32 Å². The van der Waals surface area contributed by atoms with Crippen LogP contribution in [0.1, 0.15) is 25.0 Å². The number of alkyl halides is 1. The van der Waals surface area contributed by atoms with Crippen LogP contribution in [-0.2, 0) is 6.42 Å². The van der Waals surface area contributed by atoms with Gasteiger partial charge in [0, 0.05) is 17.8 Å². The van der Waals surface area contributed by atoms with E-state index < -0.39 is 6.17 Å². The fraction of sp³-hybridized carbons (Fsp3) is 0.778. The minimum absolute atomic E-state index is 0.0189. The van der Waals surface area contributed by atoms with Crippen molar-refractivity contribution < 1.29 is 4.39 Å². The minimum Gasteiger partial charge on any atom is -0.311 e. The van der Waals surface area contributed by atoms with Crippen LogP contribution in [0.15, 0.2) is 5.38 Å². The van der Waals surface area contributed by atoms with Crippen molar-refractivity contribution in [2.45, 2.75) is 37.9 Å². The molecule has 0 bridgehead atoms. The summed E-state index contributed by atoms with van der Waals surface area (Å²) in [6.07, 6.45) is 2.82. The molecule has 14 heavy (non-hydrogen) atoms. The first-order chi connectivity index (χ1) is 6.86. The maximum Gasteiger partial charge on any atom is 0.121 e. The molecule has 0 radical (unpaired) electrons. The fourth-order valence-corrected chi connectivity index (χ4v) is 2.27. The zero-order valence-corrected chi connectivity index (χ0v) is 8.76. The van der Waals surface area contributed by atoms with E-state index in [9.17, 15) is 4.39 Å². The van der Waals surface area contributed by atoms with Gasteiger partial charge in [0.1, 0.15) is 6.17 Å². The molecule has 78 valence electrons. The Hall–Kier alpha value is -0.550. The van der Waals surface area contributed by atoms with E-state index in [-0.39, 0.29) is 6.04 Å². The van der Waals surface area contributed by atoms with Gasteiger partial charge >= 0.3 is 0 Å². The van der Waals surface area contributed by atoms with Crippen molar-refractivity contribution in [3.05, 3.63) is 11.1 Å². The zero-order chi connectivity index (χ0) is 9.80. The summed E-state index contributed by atoms with van der Waals surface area (Å²) in [5.41, 5.74) is 0.773. The summed E-state index contributed by atoms with van der Waals surface area (Å²) in [7, 11) is 0. The van der Waals surface area contributed by atoms with Gasteiger partial charge in [-0.2, -0.15) is 0 Å². The fourth-order valence-electron chi connectivity index (χ4n) is 1.80. The first kappa shape index (κ1) is 9.98. The Morgan fingerprint density at radius 1 is 1.64 bits per heavy atom. The van der Waals surface area contributed by atoms with Gasteiger partial charge in [-0.25, -0.2) is 4.39 Å². The highest BCUT2D eigenvalue weighted by molar-refractivity contribution is 7.03. The van der Waals surface area contributed by atoms with E-state index in [4.69, 9.17) is 0 Å². The minimum atomic E-state index is -0.820. The van der Waals surface area contributed by atoms with E-state index in [1.165, 1.54) is 18.0 Å². The predicted molar refractivity (Wildman–Crippen MR) is 54.2 cm³/mol. The van der Waals surface area contributed by atoms with Crippen LogP contribution in [0.5, 0.6) is 0 Å². The molecule has 1 fully saturated rings. The molecule has 1 aliphatic heterocycles. The molecule has 3 nitrogen and oxygen atoms in total. The van der Waals surface area contributed by atoms with E-state index in [1.807, 2.05) is 5.38 Å². The van der Waals surface area contributed by atoms with Gasteiger partial charge in [0.15, 0.2) is 0 Å². The average molecular weight is 215 g/mol. The lowest BCUT2D eigenvalue weighted by Crippen LogP contribution is -2.42. The van der Waals surface area contributed by atoms with Gasteiger partial charge in [-0.15, -0.1) is 5.10 Å². The second kappa shape index (κ2) is 4.79. The van der Waals surface area contributed by atoms with Crippen LogP contribution >= 0.6 is 11.5 Å². The normalized spacial score (nSPS) is 24.8. The molecule has 0 aromatic carbocycles. The second-order valence-corrected chi connectivity index (χ2v) is 4.28. The predicted octanol–water partition coefficient (Wildman–Crippen LogP) is 1.56. The summed E-state index contributed by atoms with van der Waals surface area (Å²) in [4.78, 5) is 0. The molecule has 1 N–H and O–H groups in total. The van der Waals surface area contributed by atoms with Crippen LogP contribution in [-0.4, -0.2) is 28.3 Å². The van der Waals surface area contributed by atoms with Crippen molar-refractivity contribution in [2.24, 2.45) is 0 Å². The van der Waals surface area contributed by atoms with Crippen LogP contribution in [0.25, 0.3) is 0 Å². The maximum atomic E-state index is 13.7. The van der Waals surface area contributed by atoms with Gasteiger partial charge in [0.2, 0.25) is 0 Å². The van der Waals surface area contributed by atoms with E-state index in [1.54, 1.807) is 0 Å². The first-order valence-electron chi connectivity index (χ1n) is 4.99. The van der Waals surface area contributed by atoms with Gasteiger partial charge in [0.25, 0.3) is 0 Å². The number of rotatable bonds is 3. The molecular weight excluding hydrogens is 201 g/mol. The van der Waals surface area contributed by atoms with Gasteiger partial charge < -0.3 is 5.32 Å². The van der Waals surface area contributed by atoms with Gasteiger partial charge in [-0.3, -0.25) is 0 Å². The Morgan fingerprint density at radius 3 is 3.21 bits per heavy atom. The molecule has 2 unspecified atom stereocenters. The second-order valence-electron chi connectivity index (χ2n) is 3.67. The number of nitrogens with one attached hydrogen (secondary N) is 1. The first-order valence-corrected chi connectivity index (χ1v) is 5.83. The topological polar surface area (TPSA) is 37.8 Å². The number of nitrogens with zero attached hydrogens (tertiary/aromatic N) is 2. The summed E-state index contributed by atoms with van der Waals surface area (Å²) in [6, 6.07) is 0.0189. The van der Waals surface area contributed by atoms with Crippen molar-refractivity contribution >= 4 is 11.5 Å². The highest BCUT2D eigenvalue weighted by atomic mass is 32.1. The molecule has 0 spiro atoms. The van der Waals surface area contributed by atoms with Crippen molar-refractivity contribution in [1.82, 2.24) is 14.9 Å². The zero-order valence-electron chi connectivity index (χ0n) is 7.95. The quantitative estimate of drug-likeness (QED) is 0.831. The molecule has 1 aliphatic rings.